The van der Waals surface area contributed by atoms with E-state index in [1.54, 1.807) is 0 Å². The van der Waals surface area contributed by atoms with Gasteiger partial charge in [0.2, 0.25) is 0 Å². The quantitative estimate of drug-likeness (QED) is 0.781. The van der Waals surface area contributed by atoms with Gasteiger partial charge in [-0.05, 0) is 57.9 Å². The van der Waals surface area contributed by atoms with Crippen LogP contribution < -0.4 is 5.73 Å². The largest absolute Gasteiger partial charge is 0.327 e. The predicted octanol–water partition coefficient (Wildman–Crippen LogP) is 2.77. The van der Waals surface area contributed by atoms with E-state index >= 15 is 0 Å². The first kappa shape index (κ1) is 12.4. The Kier molecular flexibility index (Phi) is 4.26. The molecule has 2 heteroatoms. The van der Waals surface area contributed by atoms with Gasteiger partial charge in [0.25, 0.3) is 0 Å². The standard InChI is InChI=1S/C14H28N2/c1-11-6-8-13(9-7-11)16-10-4-3-5-14(16)12(2)15/h11-14H,3-10,15H2,1-2H3. The fraction of sp³-hybridized carbons (Fsp3) is 1.00. The van der Waals surface area contributed by atoms with Gasteiger partial charge in [-0.3, -0.25) is 4.90 Å². The lowest BCUT2D eigenvalue weighted by Gasteiger charge is -2.45. The van der Waals surface area contributed by atoms with E-state index in [2.05, 4.69) is 18.7 Å². The molecule has 2 N–H and O–H groups in total. The van der Waals surface area contributed by atoms with Crippen LogP contribution in [0.1, 0.15) is 58.8 Å². The molecule has 1 saturated carbocycles. The summed E-state index contributed by atoms with van der Waals surface area (Å²) in [6, 6.07) is 1.85. The Hall–Kier alpha value is -0.0800. The Labute approximate surface area is 101 Å². The smallest absolute Gasteiger partial charge is 0.0247 e. The maximum Gasteiger partial charge on any atom is 0.0247 e. The average Bonchev–Trinajstić information content (AvgIpc) is 2.30. The maximum absolute atomic E-state index is 6.15. The highest BCUT2D eigenvalue weighted by atomic mass is 15.2. The van der Waals surface area contributed by atoms with Gasteiger partial charge in [-0.1, -0.05) is 13.3 Å². The molecule has 0 aromatic rings. The van der Waals surface area contributed by atoms with Gasteiger partial charge >= 0.3 is 0 Å². The molecule has 0 amide bonds. The van der Waals surface area contributed by atoms with Crippen molar-refractivity contribution in [3.8, 4) is 0 Å². The Balaban J connectivity index is 1.94. The van der Waals surface area contributed by atoms with E-state index in [9.17, 15) is 0 Å². The minimum atomic E-state index is 0.347. The normalized spacial score (nSPS) is 39.6. The maximum atomic E-state index is 6.15. The van der Waals surface area contributed by atoms with E-state index in [-0.39, 0.29) is 0 Å². The zero-order valence-corrected chi connectivity index (χ0v) is 11.0. The summed E-state index contributed by atoms with van der Waals surface area (Å²) >= 11 is 0. The molecule has 2 fully saturated rings. The molecule has 0 aromatic carbocycles. The van der Waals surface area contributed by atoms with Crippen LogP contribution in [0.15, 0.2) is 0 Å². The molecule has 1 saturated heterocycles. The van der Waals surface area contributed by atoms with Crippen molar-refractivity contribution in [2.45, 2.75) is 76.9 Å². The number of nitrogens with zero attached hydrogens (tertiary/aromatic N) is 1. The number of hydrogen-bond donors (Lipinski definition) is 1. The Bertz CT molecular complexity index is 207. The van der Waals surface area contributed by atoms with Crippen molar-refractivity contribution in [3.63, 3.8) is 0 Å². The van der Waals surface area contributed by atoms with Gasteiger partial charge in [-0.25, -0.2) is 0 Å². The molecule has 94 valence electrons. The molecule has 2 aliphatic rings. The van der Waals surface area contributed by atoms with Crippen molar-refractivity contribution in [1.29, 1.82) is 0 Å². The van der Waals surface area contributed by atoms with E-state index in [1.165, 1.54) is 51.5 Å². The molecule has 0 aromatic heterocycles. The van der Waals surface area contributed by atoms with Crippen molar-refractivity contribution in [2.75, 3.05) is 6.54 Å². The molecule has 0 spiro atoms. The molecule has 2 unspecified atom stereocenters. The summed E-state index contributed by atoms with van der Waals surface area (Å²) in [7, 11) is 0. The van der Waals surface area contributed by atoms with Crippen LogP contribution in [0.4, 0.5) is 0 Å². The van der Waals surface area contributed by atoms with Crippen molar-refractivity contribution in [1.82, 2.24) is 4.90 Å². The van der Waals surface area contributed by atoms with Crippen LogP contribution in [0.25, 0.3) is 0 Å². The molecular formula is C14H28N2. The SMILES string of the molecule is CC1CCC(N2CCCCC2C(C)N)CC1. The molecule has 2 rings (SSSR count). The minimum absolute atomic E-state index is 0.347. The monoisotopic (exact) mass is 224 g/mol. The van der Waals surface area contributed by atoms with E-state index in [0.29, 0.717) is 12.1 Å². The van der Waals surface area contributed by atoms with Crippen LogP contribution in [0.5, 0.6) is 0 Å². The van der Waals surface area contributed by atoms with Crippen molar-refractivity contribution >= 4 is 0 Å². The third-order valence-corrected chi connectivity index (χ3v) is 4.65. The second-order valence-electron chi connectivity index (χ2n) is 6.07. The number of nitrogens with two attached hydrogens (primary N) is 1. The summed E-state index contributed by atoms with van der Waals surface area (Å²) in [6.07, 6.45) is 9.75. The molecule has 2 atom stereocenters. The van der Waals surface area contributed by atoms with Crippen molar-refractivity contribution in [2.24, 2.45) is 11.7 Å². The van der Waals surface area contributed by atoms with Gasteiger partial charge < -0.3 is 5.73 Å². The van der Waals surface area contributed by atoms with Crippen molar-refractivity contribution < 1.29 is 0 Å². The molecule has 16 heavy (non-hydrogen) atoms. The number of likely N-dealkylation sites (tertiary alicyclic amines) is 1. The van der Waals surface area contributed by atoms with Crippen LogP contribution in [0.2, 0.25) is 0 Å². The fourth-order valence-corrected chi connectivity index (χ4v) is 3.57. The molecule has 0 bridgehead atoms. The first-order chi connectivity index (χ1) is 7.68. The molecule has 2 nitrogen and oxygen atoms in total. The molecule has 1 aliphatic heterocycles. The third-order valence-electron chi connectivity index (χ3n) is 4.65. The van der Waals surface area contributed by atoms with E-state index in [4.69, 9.17) is 5.73 Å². The van der Waals surface area contributed by atoms with Crippen molar-refractivity contribution in [3.05, 3.63) is 0 Å². The highest BCUT2D eigenvalue weighted by Crippen LogP contribution is 2.31. The second-order valence-corrected chi connectivity index (χ2v) is 6.07. The zero-order valence-electron chi connectivity index (χ0n) is 11.0. The van der Waals surface area contributed by atoms with Crippen LogP contribution in [-0.4, -0.2) is 29.6 Å². The predicted molar refractivity (Wildman–Crippen MR) is 69.4 cm³/mol. The first-order valence-electron chi connectivity index (χ1n) is 7.20. The highest BCUT2D eigenvalue weighted by Gasteiger charge is 2.32. The molecule has 0 radical (unpaired) electrons. The molecular weight excluding hydrogens is 196 g/mol. The van der Waals surface area contributed by atoms with Gasteiger partial charge in [0.15, 0.2) is 0 Å². The van der Waals surface area contributed by atoms with E-state index < -0.39 is 0 Å². The molecule has 1 aliphatic carbocycles. The van der Waals surface area contributed by atoms with Crippen LogP contribution in [-0.2, 0) is 0 Å². The Morgan fingerprint density at radius 2 is 1.75 bits per heavy atom. The Morgan fingerprint density at radius 3 is 2.38 bits per heavy atom. The van der Waals surface area contributed by atoms with Crippen LogP contribution in [0, 0.1) is 5.92 Å². The number of piperidine rings is 1. The van der Waals surface area contributed by atoms with Gasteiger partial charge in [0.05, 0.1) is 0 Å². The summed E-state index contributed by atoms with van der Waals surface area (Å²) in [5.41, 5.74) is 6.15. The summed E-state index contributed by atoms with van der Waals surface area (Å²) in [6.45, 7) is 5.88. The summed E-state index contributed by atoms with van der Waals surface area (Å²) in [5.74, 6) is 0.954. The third kappa shape index (κ3) is 2.78. The fourth-order valence-electron chi connectivity index (χ4n) is 3.57. The number of hydrogen-bond acceptors (Lipinski definition) is 2. The lowest BCUT2D eigenvalue weighted by atomic mass is 9.84. The van der Waals surface area contributed by atoms with E-state index in [0.717, 1.165) is 12.0 Å². The lowest BCUT2D eigenvalue weighted by Crippen LogP contribution is -2.54. The first-order valence-corrected chi connectivity index (χ1v) is 7.20. The summed E-state index contributed by atoms with van der Waals surface area (Å²) in [5, 5.41) is 0. The van der Waals surface area contributed by atoms with Crippen LogP contribution in [0.3, 0.4) is 0 Å². The van der Waals surface area contributed by atoms with Gasteiger partial charge in [-0.15, -0.1) is 0 Å². The van der Waals surface area contributed by atoms with Gasteiger partial charge in [0, 0.05) is 18.1 Å². The number of rotatable bonds is 2. The topological polar surface area (TPSA) is 29.3 Å². The highest BCUT2D eigenvalue weighted by molar-refractivity contribution is 4.89. The van der Waals surface area contributed by atoms with E-state index in [1.807, 2.05) is 0 Å². The van der Waals surface area contributed by atoms with Crippen LogP contribution >= 0.6 is 0 Å². The minimum Gasteiger partial charge on any atom is -0.327 e. The average molecular weight is 224 g/mol. The Morgan fingerprint density at radius 1 is 1.06 bits per heavy atom. The zero-order chi connectivity index (χ0) is 11.5. The summed E-state index contributed by atoms with van der Waals surface area (Å²) in [4.78, 5) is 2.75. The second kappa shape index (κ2) is 5.50. The van der Waals surface area contributed by atoms with Gasteiger partial charge in [-0.2, -0.15) is 0 Å². The molecule has 1 heterocycles. The van der Waals surface area contributed by atoms with Gasteiger partial charge in [0.1, 0.15) is 0 Å². The summed E-state index contributed by atoms with van der Waals surface area (Å²) < 4.78 is 0. The lowest BCUT2D eigenvalue weighted by molar-refractivity contribution is 0.0542.